The zero-order valence-corrected chi connectivity index (χ0v) is 20.2. The van der Waals surface area contributed by atoms with Gasteiger partial charge in [-0.05, 0) is 25.1 Å². The van der Waals surface area contributed by atoms with Crippen molar-refractivity contribution in [1.82, 2.24) is 19.0 Å². The Labute approximate surface area is 202 Å². The molecule has 2 aromatic carbocycles. The van der Waals surface area contributed by atoms with Crippen LogP contribution in [0.15, 0.2) is 52.2 Å². The molecule has 3 heterocycles. The molecule has 1 amide bonds. The molecule has 10 nitrogen and oxygen atoms in total. The molecule has 1 saturated heterocycles. The number of benzene rings is 2. The van der Waals surface area contributed by atoms with Gasteiger partial charge in [0.05, 0.1) is 23.5 Å². The second kappa shape index (κ2) is 9.31. The number of sulfonamides is 1. The Morgan fingerprint density at radius 3 is 2.37 bits per heavy atom. The van der Waals surface area contributed by atoms with Gasteiger partial charge in [-0.2, -0.15) is 9.40 Å². The van der Waals surface area contributed by atoms with Crippen molar-refractivity contribution < 1.29 is 22.7 Å². The number of aromatic nitrogens is 2. The van der Waals surface area contributed by atoms with Crippen molar-refractivity contribution in [1.29, 1.82) is 0 Å². The quantitative estimate of drug-likeness (QED) is 0.539. The van der Waals surface area contributed by atoms with Gasteiger partial charge < -0.3 is 14.4 Å². The van der Waals surface area contributed by atoms with E-state index in [-0.39, 0.29) is 48.2 Å². The van der Waals surface area contributed by atoms with E-state index >= 15 is 0 Å². The number of aryl methyl sites for hydroxylation is 1. The normalized spacial score (nSPS) is 16.8. The topological polar surface area (TPSA) is 111 Å². The summed E-state index contributed by atoms with van der Waals surface area (Å²) < 4.78 is 40.4. The van der Waals surface area contributed by atoms with Gasteiger partial charge in [-0.25, -0.2) is 13.1 Å². The third kappa shape index (κ3) is 4.25. The first-order chi connectivity index (χ1) is 16.9. The Hall–Kier alpha value is -3.44. The molecule has 0 N–H and O–H groups in total. The number of nitrogens with zero attached hydrogens (tertiary/aromatic N) is 4. The fourth-order valence-corrected chi connectivity index (χ4v) is 5.78. The number of carbonyl (C=O) groups excluding carboxylic acids is 1. The van der Waals surface area contributed by atoms with Gasteiger partial charge in [0.1, 0.15) is 0 Å². The van der Waals surface area contributed by atoms with Gasteiger partial charge >= 0.3 is 0 Å². The van der Waals surface area contributed by atoms with Crippen LogP contribution in [-0.4, -0.2) is 72.7 Å². The van der Waals surface area contributed by atoms with Crippen LogP contribution in [0.3, 0.4) is 0 Å². The highest BCUT2D eigenvalue weighted by atomic mass is 32.2. The second-order valence-corrected chi connectivity index (χ2v) is 10.3. The molecule has 184 valence electrons. The van der Waals surface area contributed by atoms with Gasteiger partial charge in [-0.3, -0.25) is 9.59 Å². The maximum absolute atomic E-state index is 13.4. The maximum Gasteiger partial charge on any atom is 0.275 e. The van der Waals surface area contributed by atoms with Crippen LogP contribution in [0, 0.1) is 0 Å². The maximum atomic E-state index is 13.4. The summed E-state index contributed by atoms with van der Waals surface area (Å²) in [5, 5.41) is 5.24. The monoisotopic (exact) mass is 498 g/mol. The number of hydrogen-bond acceptors (Lipinski definition) is 7. The van der Waals surface area contributed by atoms with E-state index in [1.54, 1.807) is 42.2 Å². The number of fused-ring (bicyclic) bond motifs is 2. The molecule has 3 aromatic rings. The molecule has 0 spiro atoms. The van der Waals surface area contributed by atoms with Crippen LogP contribution < -0.4 is 15.0 Å². The average Bonchev–Trinajstić information content (AvgIpc) is 3.14. The summed E-state index contributed by atoms with van der Waals surface area (Å²) in [6, 6.07) is 11.5. The van der Waals surface area contributed by atoms with Gasteiger partial charge in [0, 0.05) is 50.6 Å². The van der Waals surface area contributed by atoms with Crippen LogP contribution in [0.5, 0.6) is 11.5 Å². The summed E-state index contributed by atoms with van der Waals surface area (Å²) in [5.74, 6) is 0.627. The van der Waals surface area contributed by atoms with E-state index in [4.69, 9.17) is 9.47 Å². The number of ether oxygens (including phenoxy) is 2. The minimum atomic E-state index is -3.77. The number of piperazine rings is 1. The Bertz CT molecular complexity index is 1440. The average molecular weight is 499 g/mol. The van der Waals surface area contributed by atoms with E-state index in [9.17, 15) is 18.0 Å². The second-order valence-electron chi connectivity index (χ2n) is 8.37. The van der Waals surface area contributed by atoms with E-state index in [2.05, 4.69) is 5.10 Å². The van der Waals surface area contributed by atoms with Crippen molar-refractivity contribution in [2.75, 3.05) is 39.4 Å². The van der Waals surface area contributed by atoms with Gasteiger partial charge in [0.15, 0.2) is 17.2 Å². The first-order valence-electron chi connectivity index (χ1n) is 11.6. The van der Waals surface area contributed by atoms with Crippen LogP contribution in [0.2, 0.25) is 0 Å². The highest BCUT2D eigenvalue weighted by molar-refractivity contribution is 7.89. The van der Waals surface area contributed by atoms with Gasteiger partial charge in [0.2, 0.25) is 10.0 Å². The van der Waals surface area contributed by atoms with Gasteiger partial charge in [-0.1, -0.05) is 18.2 Å². The van der Waals surface area contributed by atoms with Crippen LogP contribution in [0.4, 0.5) is 0 Å². The van der Waals surface area contributed by atoms with Crippen molar-refractivity contribution in [2.24, 2.45) is 0 Å². The lowest BCUT2D eigenvalue weighted by Gasteiger charge is -2.34. The van der Waals surface area contributed by atoms with E-state index < -0.39 is 10.0 Å². The van der Waals surface area contributed by atoms with Gasteiger partial charge in [0.25, 0.3) is 11.5 Å². The minimum absolute atomic E-state index is 0.129. The largest absolute Gasteiger partial charge is 0.490 e. The van der Waals surface area contributed by atoms with Crippen LogP contribution >= 0.6 is 0 Å². The summed E-state index contributed by atoms with van der Waals surface area (Å²) in [7, 11) is -3.77. The van der Waals surface area contributed by atoms with E-state index in [0.717, 1.165) is 6.42 Å². The third-order valence-electron chi connectivity index (χ3n) is 6.25. The SMILES string of the molecule is CCn1nc(C(=O)N2CCN(S(=O)(=O)c3ccc4c(c3)OCCCO4)CC2)c2ccccc2c1=O. The molecule has 11 heteroatoms. The van der Waals surface area contributed by atoms with Crippen LogP contribution in [0.25, 0.3) is 10.8 Å². The lowest BCUT2D eigenvalue weighted by atomic mass is 10.1. The van der Waals surface area contributed by atoms with Crippen molar-refractivity contribution >= 4 is 26.7 Å². The standard InChI is InChI=1S/C24H26N4O6S/c1-2-28-23(29)19-7-4-3-6-18(19)22(25-28)24(30)26-10-12-27(13-11-26)35(31,32)17-8-9-20-21(16-17)34-15-5-14-33-20/h3-4,6-9,16H,2,5,10-15H2,1H3. The van der Waals surface area contributed by atoms with Crippen molar-refractivity contribution in [3.63, 3.8) is 0 Å². The molecule has 5 rings (SSSR count). The molecule has 0 bridgehead atoms. The summed E-state index contributed by atoms with van der Waals surface area (Å²) in [4.78, 5) is 27.7. The minimum Gasteiger partial charge on any atom is -0.490 e. The van der Waals surface area contributed by atoms with Gasteiger partial charge in [-0.15, -0.1) is 0 Å². The number of rotatable bonds is 4. The Morgan fingerprint density at radius 1 is 0.971 bits per heavy atom. The first kappa shape index (κ1) is 23.3. The molecule has 2 aliphatic heterocycles. The molecule has 1 aromatic heterocycles. The Morgan fingerprint density at radius 2 is 1.66 bits per heavy atom. The number of carbonyl (C=O) groups is 1. The number of amides is 1. The summed E-state index contributed by atoms with van der Waals surface area (Å²) >= 11 is 0. The molecule has 0 aliphatic carbocycles. The fourth-order valence-electron chi connectivity index (χ4n) is 4.34. The van der Waals surface area contributed by atoms with Crippen molar-refractivity contribution in [3.05, 3.63) is 58.5 Å². The Balaban J connectivity index is 1.36. The molecule has 35 heavy (non-hydrogen) atoms. The lowest BCUT2D eigenvalue weighted by Crippen LogP contribution is -2.50. The highest BCUT2D eigenvalue weighted by Crippen LogP contribution is 2.33. The molecule has 0 atom stereocenters. The van der Waals surface area contributed by atoms with Crippen molar-refractivity contribution in [3.8, 4) is 11.5 Å². The predicted octanol–water partition coefficient (Wildman–Crippen LogP) is 1.72. The van der Waals surface area contributed by atoms with E-state index in [1.807, 2.05) is 0 Å². The molecule has 0 radical (unpaired) electrons. The summed E-state index contributed by atoms with van der Waals surface area (Å²) in [6.45, 7) is 3.84. The summed E-state index contributed by atoms with van der Waals surface area (Å²) in [5.41, 5.74) is -0.0491. The molecule has 0 unspecified atom stereocenters. The molecular weight excluding hydrogens is 472 g/mol. The fraction of sp³-hybridized carbons (Fsp3) is 0.375. The van der Waals surface area contributed by atoms with E-state index in [1.165, 1.54) is 21.1 Å². The van der Waals surface area contributed by atoms with Crippen LogP contribution in [-0.2, 0) is 16.6 Å². The zero-order valence-electron chi connectivity index (χ0n) is 19.3. The van der Waals surface area contributed by atoms with E-state index in [0.29, 0.717) is 42.0 Å². The highest BCUT2D eigenvalue weighted by Gasteiger charge is 2.32. The molecule has 1 fully saturated rings. The smallest absolute Gasteiger partial charge is 0.275 e. The molecule has 0 saturated carbocycles. The van der Waals surface area contributed by atoms with Crippen molar-refractivity contribution in [2.45, 2.75) is 24.8 Å². The number of hydrogen-bond donors (Lipinski definition) is 0. The third-order valence-corrected chi connectivity index (χ3v) is 8.15. The lowest BCUT2D eigenvalue weighted by molar-refractivity contribution is 0.0691. The first-order valence-corrected chi connectivity index (χ1v) is 13.0. The zero-order chi connectivity index (χ0) is 24.6. The Kier molecular flexibility index (Phi) is 6.20. The predicted molar refractivity (Wildman–Crippen MR) is 128 cm³/mol. The van der Waals surface area contributed by atoms with Crippen LogP contribution in [0.1, 0.15) is 23.8 Å². The summed E-state index contributed by atoms with van der Waals surface area (Å²) in [6.07, 6.45) is 0.729. The molecule has 2 aliphatic rings. The molecular formula is C24H26N4O6S.